The van der Waals surface area contributed by atoms with Gasteiger partial charge in [-0.2, -0.15) is 0 Å². The minimum Gasteiger partial charge on any atom is -0.385 e. The van der Waals surface area contributed by atoms with Gasteiger partial charge in [0.05, 0.1) is 6.54 Å². The normalized spacial score (nSPS) is 20.3. The number of carbonyl (C=O) groups excluding carboxylic acids is 2. The number of piperazine rings is 1. The van der Waals surface area contributed by atoms with E-state index in [1.54, 1.807) is 7.11 Å². The Balaban J connectivity index is 2.08. The second kappa shape index (κ2) is 7.19. The first-order valence-corrected chi connectivity index (χ1v) is 5.50. The van der Waals surface area contributed by atoms with Gasteiger partial charge in [0.15, 0.2) is 0 Å². The Labute approximate surface area is 95.1 Å². The Bertz CT molecular complexity index is 235. The molecule has 1 fully saturated rings. The molecule has 0 bridgehead atoms. The van der Waals surface area contributed by atoms with E-state index in [1.165, 1.54) is 0 Å². The van der Waals surface area contributed by atoms with Crippen molar-refractivity contribution in [2.45, 2.75) is 18.9 Å². The second-order valence-electron chi connectivity index (χ2n) is 3.73. The van der Waals surface area contributed by atoms with Gasteiger partial charge in [-0.25, -0.2) is 0 Å². The smallest absolute Gasteiger partial charge is 0.238 e. The van der Waals surface area contributed by atoms with Crippen molar-refractivity contribution in [3.63, 3.8) is 0 Å². The molecule has 0 aromatic rings. The zero-order valence-corrected chi connectivity index (χ0v) is 9.54. The van der Waals surface area contributed by atoms with Crippen LogP contribution in [-0.2, 0) is 14.3 Å². The highest BCUT2D eigenvalue weighted by Gasteiger charge is 2.22. The lowest BCUT2D eigenvalue weighted by atomic mass is 10.2. The zero-order valence-electron chi connectivity index (χ0n) is 9.54. The van der Waals surface area contributed by atoms with Gasteiger partial charge in [0.25, 0.3) is 0 Å². The Morgan fingerprint density at radius 1 is 1.56 bits per heavy atom. The number of nitrogens with one attached hydrogen (secondary N) is 3. The number of ether oxygens (including phenoxy) is 1. The number of unbranched alkanes of at least 4 members (excludes halogenated alkanes) is 1. The summed E-state index contributed by atoms with van der Waals surface area (Å²) in [5.74, 6) is -0.124. The summed E-state index contributed by atoms with van der Waals surface area (Å²) in [6.45, 7) is 1.94. The maximum Gasteiger partial charge on any atom is 0.238 e. The van der Waals surface area contributed by atoms with E-state index < -0.39 is 0 Å². The van der Waals surface area contributed by atoms with Crippen molar-refractivity contribution in [3.8, 4) is 0 Å². The summed E-state index contributed by atoms with van der Waals surface area (Å²) >= 11 is 0. The summed E-state index contributed by atoms with van der Waals surface area (Å²) in [5.41, 5.74) is 0. The lowest BCUT2D eigenvalue weighted by Crippen LogP contribution is -2.58. The summed E-state index contributed by atoms with van der Waals surface area (Å²) in [6.07, 6.45) is 1.84. The van der Waals surface area contributed by atoms with E-state index >= 15 is 0 Å². The average molecular weight is 229 g/mol. The fourth-order valence-electron chi connectivity index (χ4n) is 1.46. The fraction of sp³-hybridized carbons (Fsp3) is 0.800. The lowest BCUT2D eigenvalue weighted by molar-refractivity contribution is -0.126. The molecule has 1 heterocycles. The third-order valence-corrected chi connectivity index (χ3v) is 2.40. The van der Waals surface area contributed by atoms with Crippen LogP contribution in [0.4, 0.5) is 0 Å². The van der Waals surface area contributed by atoms with Crippen molar-refractivity contribution in [1.82, 2.24) is 16.0 Å². The number of hydrogen-bond donors (Lipinski definition) is 3. The minimum absolute atomic E-state index is 0.0579. The molecule has 3 N–H and O–H groups in total. The quantitative estimate of drug-likeness (QED) is 0.490. The predicted octanol–water partition coefficient (Wildman–Crippen LogP) is -1.38. The van der Waals surface area contributed by atoms with Crippen molar-refractivity contribution >= 4 is 11.8 Å². The molecule has 2 amide bonds. The first-order chi connectivity index (χ1) is 7.74. The van der Waals surface area contributed by atoms with Crippen LogP contribution in [-0.4, -0.2) is 51.2 Å². The molecular weight excluding hydrogens is 210 g/mol. The molecule has 1 aliphatic rings. The van der Waals surface area contributed by atoms with Gasteiger partial charge < -0.3 is 15.4 Å². The van der Waals surface area contributed by atoms with Crippen molar-refractivity contribution < 1.29 is 14.3 Å². The van der Waals surface area contributed by atoms with Gasteiger partial charge in [0.2, 0.25) is 11.8 Å². The number of methoxy groups -OCH3 is 1. The molecule has 6 nitrogen and oxygen atoms in total. The van der Waals surface area contributed by atoms with Crippen LogP contribution in [0.3, 0.4) is 0 Å². The van der Waals surface area contributed by atoms with Crippen LogP contribution in [0, 0.1) is 0 Å². The maximum absolute atomic E-state index is 11.6. The first kappa shape index (κ1) is 12.9. The third-order valence-electron chi connectivity index (χ3n) is 2.40. The highest BCUT2D eigenvalue weighted by atomic mass is 16.5. The first-order valence-electron chi connectivity index (χ1n) is 5.50. The standard InChI is InChI=1S/C10H19N3O3/c1-16-5-3-2-4-11-10(15)8-6-13-9(14)7-12-8/h8,12H,2-7H2,1H3,(H,11,15)(H,13,14). The lowest BCUT2D eigenvalue weighted by Gasteiger charge is -2.23. The van der Waals surface area contributed by atoms with E-state index in [0.717, 1.165) is 12.8 Å². The van der Waals surface area contributed by atoms with Crippen molar-refractivity contribution in [3.05, 3.63) is 0 Å². The molecule has 1 unspecified atom stereocenters. The van der Waals surface area contributed by atoms with Gasteiger partial charge in [-0.15, -0.1) is 0 Å². The Morgan fingerprint density at radius 2 is 2.38 bits per heavy atom. The molecular formula is C10H19N3O3. The summed E-state index contributed by atoms with van der Waals surface area (Å²) in [4.78, 5) is 22.4. The number of hydrogen-bond acceptors (Lipinski definition) is 4. The van der Waals surface area contributed by atoms with Gasteiger partial charge in [-0.05, 0) is 12.8 Å². The van der Waals surface area contributed by atoms with Crippen molar-refractivity contribution in [2.75, 3.05) is 33.4 Å². The Kier molecular flexibility index (Phi) is 5.81. The molecule has 0 radical (unpaired) electrons. The fourth-order valence-corrected chi connectivity index (χ4v) is 1.46. The second-order valence-corrected chi connectivity index (χ2v) is 3.73. The number of rotatable bonds is 6. The van der Waals surface area contributed by atoms with Gasteiger partial charge in [0.1, 0.15) is 6.04 Å². The summed E-state index contributed by atoms with van der Waals surface area (Å²) in [6, 6.07) is -0.305. The zero-order chi connectivity index (χ0) is 11.8. The van der Waals surface area contributed by atoms with E-state index in [-0.39, 0.29) is 24.4 Å². The van der Waals surface area contributed by atoms with Crippen LogP contribution in [0.1, 0.15) is 12.8 Å². The number of amides is 2. The average Bonchev–Trinajstić information content (AvgIpc) is 2.29. The van der Waals surface area contributed by atoms with Crippen LogP contribution in [0.5, 0.6) is 0 Å². The predicted molar refractivity (Wildman–Crippen MR) is 58.9 cm³/mol. The topological polar surface area (TPSA) is 79.5 Å². The van der Waals surface area contributed by atoms with Crippen LogP contribution in [0.15, 0.2) is 0 Å². The highest BCUT2D eigenvalue weighted by molar-refractivity contribution is 5.86. The molecule has 92 valence electrons. The molecule has 6 heteroatoms. The van der Waals surface area contributed by atoms with E-state index in [0.29, 0.717) is 19.7 Å². The van der Waals surface area contributed by atoms with Gasteiger partial charge in [-0.3, -0.25) is 14.9 Å². The van der Waals surface area contributed by atoms with Crippen molar-refractivity contribution in [2.24, 2.45) is 0 Å². The molecule has 0 aromatic heterocycles. The SMILES string of the molecule is COCCCCNC(=O)C1CNC(=O)CN1. The minimum atomic E-state index is -0.305. The van der Waals surface area contributed by atoms with Crippen LogP contribution in [0.25, 0.3) is 0 Å². The van der Waals surface area contributed by atoms with Crippen LogP contribution >= 0.6 is 0 Å². The molecule has 1 saturated heterocycles. The van der Waals surface area contributed by atoms with Crippen LogP contribution < -0.4 is 16.0 Å². The summed E-state index contributed by atoms with van der Waals surface area (Å²) < 4.78 is 4.90. The van der Waals surface area contributed by atoms with Crippen LogP contribution in [0.2, 0.25) is 0 Å². The van der Waals surface area contributed by atoms with E-state index in [9.17, 15) is 9.59 Å². The molecule has 0 aliphatic carbocycles. The van der Waals surface area contributed by atoms with Gasteiger partial charge in [0, 0.05) is 26.8 Å². The summed E-state index contributed by atoms with van der Waals surface area (Å²) in [7, 11) is 1.66. The number of carbonyl (C=O) groups is 2. The van der Waals surface area contributed by atoms with E-state index in [1.807, 2.05) is 0 Å². The third kappa shape index (κ3) is 4.59. The van der Waals surface area contributed by atoms with Gasteiger partial charge >= 0.3 is 0 Å². The molecule has 1 rings (SSSR count). The molecule has 1 atom stereocenters. The van der Waals surface area contributed by atoms with Gasteiger partial charge in [-0.1, -0.05) is 0 Å². The Morgan fingerprint density at radius 3 is 3.00 bits per heavy atom. The Hall–Kier alpha value is -1.14. The van der Waals surface area contributed by atoms with E-state index in [4.69, 9.17) is 4.74 Å². The molecule has 0 aromatic carbocycles. The summed E-state index contributed by atoms with van der Waals surface area (Å²) in [5, 5.41) is 8.33. The largest absolute Gasteiger partial charge is 0.385 e. The molecule has 0 saturated carbocycles. The van der Waals surface area contributed by atoms with E-state index in [2.05, 4.69) is 16.0 Å². The highest BCUT2D eigenvalue weighted by Crippen LogP contribution is 1.91. The molecule has 1 aliphatic heterocycles. The monoisotopic (exact) mass is 229 g/mol. The maximum atomic E-state index is 11.6. The van der Waals surface area contributed by atoms with Crippen molar-refractivity contribution in [1.29, 1.82) is 0 Å². The molecule has 16 heavy (non-hydrogen) atoms. The molecule has 0 spiro atoms.